The molecule has 1 fully saturated rings. The molecule has 2 amide bonds. The van der Waals surface area contributed by atoms with Gasteiger partial charge in [0.15, 0.2) is 0 Å². The summed E-state index contributed by atoms with van der Waals surface area (Å²) in [6, 6.07) is -0.327. The fourth-order valence-electron chi connectivity index (χ4n) is 2.37. The summed E-state index contributed by atoms with van der Waals surface area (Å²) < 4.78 is 5.23. The molecule has 0 aromatic rings. The number of carbonyl (C=O) groups excluding carboxylic acids is 1. The van der Waals surface area contributed by atoms with Crippen LogP contribution < -0.4 is 5.32 Å². The number of carboxylic acid groups (broad SMARTS) is 1. The average molecular weight is 272 g/mol. The molecule has 1 unspecified atom stereocenters. The van der Waals surface area contributed by atoms with Crippen molar-refractivity contribution in [3.05, 3.63) is 0 Å². The maximum atomic E-state index is 12.2. The second kappa shape index (κ2) is 5.77. The van der Waals surface area contributed by atoms with Crippen molar-refractivity contribution in [2.75, 3.05) is 20.2 Å². The Morgan fingerprint density at radius 3 is 2.58 bits per heavy atom. The number of nitrogens with one attached hydrogen (secondary N) is 1. The summed E-state index contributed by atoms with van der Waals surface area (Å²) in [6.45, 7) is 6.36. The zero-order valence-electron chi connectivity index (χ0n) is 12.2. The minimum Gasteiger partial charge on any atom is -0.479 e. The van der Waals surface area contributed by atoms with Gasteiger partial charge < -0.3 is 20.1 Å². The van der Waals surface area contributed by atoms with E-state index in [1.807, 2.05) is 13.8 Å². The van der Waals surface area contributed by atoms with Crippen molar-refractivity contribution >= 4 is 12.0 Å². The molecular formula is C13H24N2O4. The molecule has 19 heavy (non-hydrogen) atoms. The number of amides is 2. The monoisotopic (exact) mass is 272 g/mol. The van der Waals surface area contributed by atoms with Gasteiger partial charge in [-0.3, -0.25) is 0 Å². The molecule has 0 aromatic carbocycles. The largest absolute Gasteiger partial charge is 0.479 e. The van der Waals surface area contributed by atoms with E-state index in [2.05, 4.69) is 5.32 Å². The van der Waals surface area contributed by atoms with Crippen molar-refractivity contribution in [2.24, 2.45) is 0 Å². The number of hydrogen-bond donors (Lipinski definition) is 2. The van der Waals surface area contributed by atoms with E-state index in [0.29, 0.717) is 25.9 Å². The number of hydrogen-bond acceptors (Lipinski definition) is 3. The summed E-state index contributed by atoms with van der Waals surface area (Å²) >= 11 is 0. The lowest BCUT2D eigenvalue weighted by atomic mass is 9.93. The van der Waals surface area contributed by atoms with Gasteiger partial charge in [0, 0.05) is 20.2 Å². The highest BCUT2D eigenvalue weighted by Gasteiger charge is 2.48. The molecule has 0 spiro atoms. The Bertz CT molecular complexity index is 357. The molecule has 6 nitrogen and oxygen atoms in total. The van der Waals surface area contributed by atoms with Crippen LogP contribution in [-0.4, -0.2) is 53.3 Å². The van der Waals surface area contributed by atoms with Crippen LogP contribution in [0.1, 0.15) is 40.0 Å². The van der Waals surface area contributed by atoms with E-state index < -0.39 is 17.1 Å². The van der Waals surface area contributed by atoms with Crippen molar-refractivity contribution < 1.29 is 19.4 Å². The fourth-order valence-corrected chi connectivity index (χ4v) is 2.37. The van der Waals surface area contributed by atoms with E-state index in [1.165, 1.54) is 4.90 Å². The molecule has 0 bridgehead atoms. The molecule has 2 N–H and O–H groups in total. The number of methoxy groups -OCH3 is 1. The molecule has 0 radical (unpaired) electrons. The number of urea groups is 1. The first-order chi connectivity index (χ1) is 8.79. The standard InChI is InChI=1S/C13H24N2O4/c1-5-13(10(16)17)7-6-8-15(13)11(18)14-9-12(2,3)19-4/h5-9H2,1-4H3,(H,14,18)(H,16,17). The predicted octanol–water partition coefficient (Wildman–Crippen LogP) is 1.45. The quantitative estimate of drug-likeness (QED) is 0.794. The summed E-state index contributed by atoms with van der Waals surface area (Å²) in [4.78, 5) is 25.1. The topological polar surface area (TPSA) is 78.9 Å². The van der Waals surface area contributed by atoms with Crippen LogP contribution in [0.25, 0.3) is 0 Å². The van der Waals surface area contributed by atoms with E-state index in [1.54, 1.807) is 14.0 Å². The van der Waals surface area contributed by atoms with Gasteiger partial charge in [0.1, 0.15) is 5.54 Å². The summed E-state index contributed by atoms with van der Waals surface area (Å²) in [5.41, 5.74) is -1.52. The highest BCUT2D eigenvalue weighted by atomic mass is 16.5. The first-order valence-electron chi connectivity index (χ1n) is 6.63. The zero-order valence-corrected chi connectivity index (χ0v) is 12.2. The highest BCUT2D eigenvalue weighted by molar-refractivity contribution is 5.87. The first kappa shape index (κ1) is 15.8. The van der Waals surface area contributed by atoms with Crippen molar-refractivity contribution in [2.45, 2.75) is 51.2 Å². The number of ether oxygens (including phenoxy) is 1. The SMILES string of the molecule is CCC1(C(=O)O)CCCN1C(=O)NCC(C)(C)OC. The van der Waals surface area contributed by atoms with E-state index in [4.69, 9.17) is 4.74 Å². The smallest absolute Gasteiger partial charge is 0.329 e. The van der Waals surface area contributed by atoms with Gasteiger partial charge in [0.25, 0.3) is 0 Å². The Labute approximate surface area is 114 Å². The Kier molecular flexibility index (Phi) is 4.79. The summed E-state index contributed by atoms with van der Waals surface area (Å²) in [7, 11) is 1.58. The van der Waals surface area contributed by atoms with E-state index in [9.17, 15) is 14.7 Å². The highest BCUT2D eigenvalue weighted by Crippen LogP contribution is 2.32. The molecule has 1 heterocycles. The van der Waals surface area contributed by atoms with Gasteiger partial charge in [-0.1, -0.05) is 6.92 Å². The maximum Gasteiger partial charge on any atom is 0.329 e. The Morgan fingerprint density at radius 2 is 2.11 bits per heavy atom. The molecule has 1 atom stereocenters. The molecule has 1 rings (SSSR count). The van der Waals surface area contributed by atoms with Gasteiger partial charge >= 0.3 is 12.0 Å². The van der Waals surface area contributed by atoms with Gasteiger partial charge in [0.2, 0.25) is 0 Å². The number of rotatable bonds is 5. The molecule has 1 saturated heterocycles. The van der Waals surface area contributed by atoms with Crippen molar-refractivity contribution in [1.82, 2.24) is 10.2 Å². The Hall–Kier alpha value is -1.30. The molecule has 110 valence electrons. The van der Waals surface area contributed by atoms with Crippen LogP contribution in [0.3, 0.4) is 0 Å². The number of likely N-dealkylation sites (tertiary alicyclic amines) is 1. The normalized spacial score (nSPS) is 23.5. The molecule has 1 aliphatic rings. The molecule has 0 aromatic heterocycles. The van der Waals surface area contributed by atoms with Gasteiger partial charge in [-0.25, -0.2) is 9.59 Å². The molecular weight excluding hydrogens is 248 g/mol. The molecule has 0 aliphatic carbocycles. The van der Waals surface area contributed by atoms with Crippen LogP contribution in [0.5, 0.6) is 0 Å². The molecule has 1 aliphatic heterocycles. The fraction of sp³-hybridized carbons (Fsp3) is 0.846. The summed E-state index contributed by atoms with van der Waals surface area (Å²) in [5.74, 6) is -0.923. The second-order valence-corrected chi connectivity index (χ2v) is 5.57. The average Bonchev–Trinajstić information content (AvgIpc) is 2.81. The number of aliphatic carboxylic acids is 1. The van der Waals surface area contributed by atoms with Gasteiger partial charge in [0.05, 0.1) is 5.60 Å². The number of carboxylic acids is 1. The minimum absolute atomic E-state index is 0.327. The number of carbonyl (C=O) groups is 2. The molecule has 6 heteroatoms. The van der Waals surface area contributed by atoms with Crippen LogP contribution in [0.2, 0.25) is 0 Å². The second-order valence-electron chi connectivity index (χ2n) is 5.57. The van der Waals surface area contributed by atoms with Crippen LogP contribution in [0.15, 0.2) is 0 Å². The van der Waals surface area contributed by atoms with Gasteiger partial charge in [-0.2, -0.15) is 0 Å². The van der Waals surface area contributed by atoms with E-state index in [-0.39, 0.29) is 6.03 Å². The van der Waals surface area contributed by atoms with Crippen molar-refractivity contribution in [1.29, 1.82) is 0 Å². The van der Waals surface area contributed by atoms with Crippen LogP contribution in [-0.2, 0) is 9.53 Å². The first-order valence-corrected chi connectivity index (χ1v) is 6.63. The third-order valence-corrected chi connectivity index (χ3v) is 3.93. The van der Waals surface area contributed by atoms with E-state index in [0.717, 1.165) is 6.42 Å². The third kappa shape index (κ3) is 3.18. The van der Waals surface area contributed by atoms with Crippen LogP contribution >= 0.6 is 0 Å². The van der Waals surface area contributed by atoms with Gasteiger partial charge in [-0.05, 0) is 33.1 Å². The Morgan fingerprint density at radius 1 is 1.47 bits per heavy atom. The third-order valence-electron chi connectivity index (χ3n) is 3.93. The van der Waals surface area contributed by atoms with Crippen LogP contribution in [0.4, 0.5) is 4.79 Å². The van der Waals surface area contributed by atoms with E-state index >= 15 is 0 Å². The lowest BCUT2D eigenvalue weighted by Gasteiger charge is -2.34. The van der Waals surface area contributed by atoms with Crippen LogP contribution in [0, 0.1) is 0 Å². The predicted molar refractivity (Wildman–Crippen MR) is 71.1 cm³/mol. The lowest BCUT2D eigenvalue weighted by molar-refractivity contribution is -0.148. The number of nitrogens with zero attached hydrogens (tertiary/aromatic N) is 1. The summed E-state index contributed by atoms with van der Waals surface area (Å²) in [5, 5.41) is 12.2. The van der Waals surface area contributed by atoms with Crippen molar-refractivity contribution in [3.63, 3.8) is 0 Å². The van der Waals surface area contributed by atoms with Gasteiger partial charge in [-0.15, -0.1) is 0 Å². The Balaban J connectivity index is 2.73. The molecule has 0 saturated carbocycles. The zero-order chi connectivity index (χ0) is 14.7. The maximum absolute atomic E-state index is 12.2. The summed E-state index contributed by atoms with van der Waals surface area (Å²) in [6.07, 6.45) is 1.66. The lowest BCUT2D eigenvalue weighted by Crippen LogP contribution is -2.57. The minimum atomic E-state index is -1.05. The van der Waals surface area contributed by atoms with Crippen molar-refractivity contribution in [3.8, 4) is 0 Å².